The van der Waals surface area contributed by atoms with Crippen molar-refractivity contribution in [2.75, 3.05) is 32.5 Å². The number of rotatable bonds is 9. The number of nitrogens with zero attached hydrogens (tertiary/aromatic N) is 5. The summed E-state index contributed by atoms with van der Waals surface area (Å²) >= 11 is 0. The first kappa shape index (κ1) is 28.0. The molecule has 0 radical (unpaired) electrons. The maximum Gasteiger partial charge on any atom is 0.138 e. The summed E-state index contributed by atoms with van der Waals surface area (Å²) in [5.74, 6) is 0.475. The topological polar surface area (TPSA) is 108 Å². The van der Waals surface area contributed by atoms with Crippen molar-refractivity contribution in [3.8, 4) is 39.5 Å². The zero-order valence-corrected chi connectivity index (χ0v) is 24.9. The van der Waals surface area contributed by atoms with Crippen LogP contribution in [0.2, 0.25) is 0 Å². The van der Waals surface area contributed by atoms with E-state index in [-0.39, 0.29) is 11.9 Å². The molecule has 3 N–H and O–H groups in total. The van der Waals surface area contributed by atoms with E-state index in [0.717, 1.165) is 80.9 Å². The third-order valence-electron chi connectivity index (χ3n) is 8.20. The van der Waals surface area contributed by atoms with E-state index in [2.05, 4.69) is 40.3 Å². The molecule has 0 spiro atoms. The van der Waals surface area contributed by atoms with Crippen LogP contribution >= 0.6 is 0 Å². The fraction of sp³-hybridized carbons (Fsp3) is 0.294. The summed E-state index contributed by atoms with van der Waals surface area (Å²) < 4.78 is 21.0. The number of benzene rings is 1. The van der Waals surface area contributed by atoms with Gasteiger partial charge in [0.25, 0.3) is 0 Å². The van der Waals surface area contributed by atoms with E-state index in [4.69, 9.17) is 4.74 Å². The summed E-state index contributed by atoms with van der Waals surface area (Å²) in [4.78, 5) is 19.2. The third kappa shape index (κ3) is 5.85. The molecule has 7 rings (SSSR count). The van der Waals surface area contributed by atoms with Crippen molar-refractivity contribution < 1.29 is 9.13 Å². The van der Waals surface area contributed by atoms with E-state index in [1.165, 1.54) is 25.3 Å². The van der Waals surface area contributed by atoms with Crippen LogP contribution in [-0.4, -0.2) is 68.3 Å². The van der Waals surface area contributed by atoms with E-state index in [1.54, 1.807) is 24.7 Å². The van der Waals surface area contributed by atoms with Crippen LogP contribution in [0.15, 0.2) is 67.3 Å². The first-order valence-corrected chi connectivity index (χ1v) is 15.1. The Balaban J connectivity index is 1.21. The Hall–Kier alpha value is -4.83. The van der Waals surface area contributed by atoms with Crippen LogP contribution in [0.4, 0.5) is 10.1 Å². The van der Waals surface area contributed by atoms with Gasteiger partial charge in [-0.05, 0) is 93.4 Å². The Morgan fingerprint density at radius 2 is 1.84 bits per heavy atom. The summed E-state index contributed by atoms with van der Waals surface area (Å²) in [6, 6.07) is 13.0. The number of fused-ring (bicyclic) bond motifs is 2. The van der Waals surface area contributed by atoms with Crippen LogP contribution in [-0.2, 0) is 0 Å². The van der Waals surface area contributed by atoms with Crippen LogP contribution in [0.5, 0.6) is 5.75 Å². The Bertz CT molecular complexity index is 1920. The molecule has 1 saturated carbocycles. The van der Waals surface area contributed by atoms with Gasteiger partial charge in [-0.1, -0.05) is 6.42 Å². The highest BCUT2D eigenvalue weighted by Gasteiger charge is 2.18. The number of nitrogens with one attached hydrogen (secondary N) is 3. The molecular weight excluding hydrogens is 555 g/mol. The van der Waals surface area contributed by atoms with Crippen molar-refractivity contribution in [2.45, 2.75) is 38.2 Å². The Morgan fingerprint density at radius 3 is 2.70 bits per heavy atom. The summed E-state index contributed by atoms with van der Waals surface area (Å²) in [5.41, 5.74) is 7.13. The van der Waals surface area contributed by atoms with Crippen molar-refractivity contribution in [1.29, 1.82) is 0 Å². The molecule has 1 aliphatic carbocycles. The molecule has 0 aliphatic heterocycles. The van der Waals surface area contributed by atoms with Gasteiger partial charge in [0.05, 0.1) is 35.4 Å². The molecule has 44 heavy (non-hydrogen) atoms. The molecule has 5 aromatic heterocycles. The Labute approximate surface area is 254 Å². The number of halogens is 1. The van der Waals surface area contributed by atoms with Crippen LogP contribution in [0, 0.1) is 5.82 Å². The number of ether oxygens (including phenoxy) is 1. The highest BCUT2D eigenvalue weighted by atomic mass is 19.1. The number of aromatic nitrogens is 6. The van der Waals surface area contributed by atoms with Gasteiger partial charge >= 0.3 is 0 Å². The van der Waals surface area contributed by atoms with Gasteiger partial charge in [-0.3, -0.25) is 15.1 Å². The standard InChI is InChI=1S/C34H35FN8O/c1-43(2)11-10-37-24-13-21(12-23(35)15-24)27-8-9-38-34-28(27)16-31(40-34)33-29-17-30(39-20-32(29)41-42-33)22-14-26(19-36-18-22)44-25-6-4-3-5-7-25/h8-9,12-20,25,37H,3-7,10-11H2,1-2H3,(H,38,40)(H,41,42). The second-order valence-corrected chi connectivity index (χ2v) is 11.7. The molecule has 0 saturated heterocycles. The van der Waals surface area contributed by atoms with Gasteiger partial charge in [0.15, 0.2) is 0 Å². The van der Waals surface area contributed by atoms with E-state index >= 15 is 0 Å². The summed E-state index contributed by atoms with van der Waals surface area (Å²) in [5, 5.41) is 12.9. The van der Waals surface area contributed by atoms with Crippen molar-refractivity contribution in [3.63, 3.8) is 0 Å². The number of hydrogen-bond donors (Lipinski definition) is 3. The zero-order valence-electron chi connectivity index (χ0n) is 24.9. The van der Waals surface area contributed by atoms with Crippen molar-refractivity contribution >= 4 is 27.6 Å². The quantitative estimate of drug-likeness (QED) is 0.166. The van der Waals surface area contributed by atoms with E-state index in [0.29, 0.717) is 12.2 Å². The molecule has 1 fully saturated rings. The predicted molar refractivity (Wildman–Crippen MR) is 172 cm³/mol. The molecule has 0 atom stereocenters. The molecule has 1 aliphatic rings. The van der Waals surface area contributed by atoms with Crippen LogP contribution < -0.4 is 10.1 Å². The minimum Gasteiger partial charge on any atom is -0.489 e. The number of aromatic amines is 2. The molecule has 10 heteroatoms. The fourth-order valence-corrected chi connectivity index (χ4v) is 5.96. The van der Waals surface area contributed by atoms with Gasteiger partial charge in [0.2, 0.25) is 0 Å². The van der Waals surface area contributed by atoms with E-state index in [9.17, 15) is 4.39 Å². The molecule has 0 unspecified atom stereocenters. The number of pyridine rings is 3. The number of anilines is 1. The molecule has 6 aromatic rings. The average molecular weight is 591 g/mol. The minimum atomic E-state index is -0.295. The lowest BCUT2D eigenvalue weighted by Crippen LogP contribution is -2.20. The second kappa shape index (κ2) is 12.0. The van der Waals surface area contributed by atoms with Gasteiger partial charge in [0, 0.05) is 47.5 Å². The molecular formula is C34H35FN8O. The van der Waals surface area contributed by atoms with Crippen LogP contribution in [0.1, 0.15) is 32.1 Å². The van der Waals surface area contributed by atoms with Crippen molar-refractivity contribution in [3.05, 3.63) is 73.1 Å². The number of H-pyrrole nitrogens is 2. The predicted octanol–water partition coefficient (Wildman–Crippen LogP) is 7.05. The smallest absolute Gasteiger partial charge is 0.138 e. The van der Waals surface area contributed by atoms with Gasteiger partial charge in [-0.15, -0.1) is 0 Å². The largest absolute Gasteiger partial charge is 0.489 e. The molecule has 5 heterocycles. The Kier molecular flexibility index (Phi) is 7.66. The number of likely N-dealkylation sites (N-methyl/N-ethyl adjacent to an activating group) is 1. The van der Waals surface area contributed by atoms with Crippen LogP contribution in [0.3, 0.4) is 0 Å². The fourth-order valence-electron chi connectivity index (χ4n) is 5.96. The highest BCUT2D eigenvalue weighted by Crippen LogP contribution is 2.35. The maximum absolute atomic E-state index is 14.7. The monoisotopic (exact) mass is 590 g/mol. The van der Waals surface area contributed by atoms with Gasteiger partial charge in [-0.25, -0.2) is 9.37 Å². The summed E-state index contributed by atoms with van der Waals surface area (Å²) in [6.07, 6.45) is 13.2. The lowest BCUT2D eigenvalue weighted by Gasteiger charge is -2.22. The molecule has 0 amide bonds. The first-order valence-electron chi connectivity index (χ1n) is 15.1. The van der Waals surface area contributed by atoms with E-state index < -0.39 is 0 Å². The van der Waals surface area contributed by atoms with Gasteiger partial charge in [-0.2, -0.15) is 5.10 Å². The Morgan fingerprint density at radius 1 is 0.955 bits per heavy atom. The minimum absolute atomic E-state index is 0.246. The SMILES string of the molecule is CN(C)CCNc1cc(F)cc(-c2ccnc3[nH]c(-c4n[nH]c5cnc(-c6cncc(OC7CCCCC7)c6)cc45)cc23)c1. The van der Waals surface area contributed by atoms with E-state index in [1.807, 2.05) is 50.6 Å². The maximum atomic E-state index is 14.7. The first-order chi connectivity index (χ1) is 21.5. The lowest BCUT2D eigenvalue weighted by atomic mass is 9.98. The zero-order chi connectivity index (χ0) is 30.0. The highest BCUT2D eigenvalue weighted by molar-refractivity contribution is 6.00. The van der Waals surface area contributed by atoms with Gasteiger partial charge in [0.1, 0.15) is 22.9 Å². The number of hydrogen-bond acceptors (Lipinski definition) is 7. The molecule has 224 valence electrons. The second-order valence-electron chi connectivity index (χ2n) is 11.7. The van der Waals surface area contributed by atoms with Crippen molar-refractivity contribution in [1.82, 2.24) is 35.0 Å². The summed E-state index contributed by atoms with van der Waals surface area (Å²) in [7, 11) is 4.02. The van der Waals surface area contributed by atoms with Crippen LogP contribution in [0.25, 0.3) is 55.7 Å². The van der Waals surface area contributed by atoms with Gasteiger partial charge < -0.3 is 19.9 Å². The normalized spacial score (nSPS) is 14.1. The molecule has 0 bridgehead atoms. The molecule has 9 nitrogen and oxygen atoms in total. The van der Waals surface area contributed by atoms with Crippen molar-refractivity contribution in [2.24, 2.45) is 0 Å². The third-order valence-corrected chi connectivity index (χ3v) is 8.20. The lowest BCUT2D eigenvalue weighted by molar-refractivity contribution is 0.154. The summed E-state index contributed by atoms with van der Waals surface area (Å²) in [6.45, 7) is 1.56. The molecule has 1 aromatic carbocycles. The average Bonchev–Trinajstić information content (AvgIpc) is 3.65.